The number of nitrogens with one attached hydrogen (secondary N) is 2. The van der Waals surface area contributed by atoms with E-state index in [1.807, 2.05) is 43.9 Å². The van der Waals surface area contributed by atoms with Crippen molar-refractivity contribution < 1.29 is 36.3 Å². The number of hydrogen-bond donors (Lipinski definition) is 3. The Morgan fingerprint density at radius 2 is 1.44 bits per heavy atom. The van der Waals surface area contributed by atoms with Crippen LogP contribution in [0.1, 0.15) is 52.7 Å². The molecule has 2 aromatic carbocycles. The molecule has 2 heterocycles. The number of carbonyl (C=O) groups excluding carboxylic acids is 1. The first-order valence-corrected chi connectivity index (χ1v) is 15.0. The third kappa shape index (κ3) is 8.59. The fourth-order valence-corrected chi connectivity index (χ4v) is 6.70. The van der Waals surface area contributed by atoms with Gasteiger partial charge in [-0.3, -0.25) is 9.52 Å². The molecule has 0 saturated carbocycles. The van der Waals surface area contributed by atoms with Crippen LogP contribution in [0.4, 0.5) is 24.5 Å². The summed E-state index contributed by atoms with van der Waals surface area (Å²) in [7, 11) is -3.80. The number of alkyl halides is 3. The van der Waals surface area contributed by atoms with E-state index in [9.17, 15) is 26.4 Å². The highest BCUT2D eigenvalue weighted by Gasteiger charge is 2.38. The summed E-state index contributed by atoms with van der Waals surface area (Å²) in [5.41, 5.74) is 4.31. The number of sulfonamides is 1. The average molecular weight is 599 g/mol. The van der Waals surface area contributed by atoms with E-state index in [0.717, 1.165) is 76.2 Å². The predicted molar refractivity (Wildman–Crippen MR) is 151 cm³/mol. The number of nitrogens with zero attached hydrogens (tertiary/aromatic N) is 2. The first kappa shape index (κ1) is 32.2. The molecule has 9 nitrogen and oxygen atoms in total. The van der Waals surface area contributed by atoms with Gasteiger partial charge in [0, 0.05) is 50.6 Å². The second-order valence-electron chi connectivity index (χ2n) is 10.3. The lowest BCUT2D eigenvalue weighted by atomic mass is 10.1. The number of piperazine rings is 1. The van der Waals surface area contributed by atoms with Gasteiger partial charge in [0.1, 0.15) is 0 Å². The molecule has 0 radical (unpaired) electrons. The van der Waals surface area contributed by atoms with Gasteiger partial charge in [0.2, 0.25) is 0 Å². The molecular formula is C28H37F3N4O5S. The fourth-order valence-electron chi connectivity index (χ4n) is 5.19. The highest BCUT2D eigenvalue weighted by molar-refractivity contribution is 7.92. The molecule has 0 unspecified atom stereocenters. The van der Waals surface area contributed by atoms with Crippen molar-refractivity contribution in [2.24, 2.45) is 0 Å². The number of benzene rings is 2. The van der Waals surface area contributed by atoms with Crippen molar-refractivity contribution in [3.05, 3.63) is 52.6 Å². The predicted octanol–water partition coefficient (Wildman–Crippen LogP) is 4.47. The van der Waals surface area contributed by atoms with E-state index in [2.05, 4.69) is 14.9 Å². The smallest absolute Gasteiger partial charge is 0.475 e. The molecule has 2 aliphatic heterocycles. The van der Waals surface area contributed by atoms with E-state index in [-0.39, 0.29) is 5.91 Å². The van der Waals surface area contributed by atoms with Crippen LogP contribution in [0.25, 0.3) is 0 Å². The molecule has 226 valence electrons. The molecular weight excluding hydrogens is 561 g/mol. The number of likely N-dealkylation sites (tertiary alicyclic amines) is 1. The molecule has 0 aromatic heterocycles. The van der Waals surface area contributed by atoms with Crippen LogP contribution >= 0.6 is 0 Å². The maximum atomic E-state index is 13.7. The minimum Gasteiger partial charge on any atom is -0.475 e. The van der Waals surface area contributed by atoms with Gasteiger partial charge < -0.3 is 20.2 Å². The summed E-state index contributed by atoms with van der Waals surface area (Å²) in [6.07, 6.45) is -0.785. The molecule has 41 heavy (non-hydrogen) atoms. The Morgan fingerprint density at radius 1 is 0.902 bits per heavy atom. The van der Waals surface area contributed by atoms with E-state index in [1.165, 1.54) is 0 Å². The lowest BCUT2D eigenvalue weighted by Crippen LogP contribution is -2.44. The second-order valence-corrected chi connectivity index (χ2v) is 11.9. The quantitative estimate of drug-likeness (QED) is 0.465. The Morgan fingerprint density at radius 3 is 1.95 bits per heavy atom. The normalized spacial score (nSPS) is 16.3. The topological polar surface area (TPSA) is 119 Å². The van der Waals surface area contributed by atoms with E-state index >= 15 is 0 Å². The summed E-state index contributed by atoms with van der Waals surface area (Å²) < 4.78 is 61.2. The first-order chi connectivity index (χ1) is 19.2. The lowest BCUT2D eigenvalue weighted by Gasteiger charge is -2.32. The Labute approximate surface area is 238 Å². The van der Waals surface area contributed by atoms with Gasteiger partial charge in [0.15, 0.2) is 0 Å². The Hall–Kier alpha value is -3.32. The standard InChI is InChI=1S/C26H36N4O3S.C2HF3O2/c1-19-16-20(2)25(21(3)17-19)34(32,33)28-22-8-9-24(29-14-10-27-11-15-29)23(18-22)26(31)30-12-6-4-5-7-13-30;3-2(4,5)1(6)7/h8-9,16-18,27-28H,4-7,10-15H2,1-3H3;(H,6,7). The number of carboxylic acids is 1. The van der Waals surface area contributed by atoms with Gasteiger partial charge in [0.25, 0.3) is 15.9 Å². The maximum absolute atomic E-state index is 13.7. The Bertz CT molecular complexity index is 1330. The average Bonchev–Trinajstić information content (AvgIpc) is 3.17. The summed E-state index contributed by atoms with van der Waals surface area (Å²) in [5, 5.41) is 10.5. The van der Waals surface area contributed by atoms with E-state index in [1.54, 1.807) is 12.1 Å². The zero-order chi connectivity index (χ0) is 30.4. The highest BCUT2D eigenvalue weighted by atomic mass is 32.2. The van der Waals surface area contributed by atoms with Crippen LogP contribution in [0.5, 0.6) is 0 Å². The van der Waals surface area contributed by atoms with Crippen LogP contribution in [-0.4, -0.2) is 75.7 Å². The van der Waals surface area contributed by atoms with Crippen molar-refractivity contribution in [3.8, 4) is 0 Å². The van der Waals surface area contributed by atoms with Crippen molar-refractivity contribution >= 4 is 33.3 Å². The molecule has 0 aliphatic carbocycles. The van der Waals surface area contributed by atoms with Crippen molar-refractivity contribution in [2.45, 2.75) is 57.5 Å². The van der Waals surface area contributed by atoms with E-state index in [4.69, 9.17) is 9.90 Å². The van der Waals surface area contributed by atoms with Crippen molar-refractivity contribution in [3.63, 3.8) is 0 Å². The zero-order valence-electron chi connectivity index (χ0n) is 23.5. The van der Waals surface area contributed by atoms with E-state index in [0.29, 0.717) is 27.3 Å². The number of aliphatic carboxylic acids is 1. The number of anilines is 2. The van der Waals surface area contributed by atoms with Crippen LogP contribution in [0.15, 0.2) is 35.2 Å². The number of aryl methyl sites for hydroxylation is 3. The third-order valence-corrected chi connectivity index (χ3v) is 8.63. The van der Waals surface area contributed by atoms with Gasteiger partial charge in [-0.2, -0.15) is 13.2 Å². The molecule has 2 aliphatic rings. The number of amides is 1. The van der Waals surface area contributed by atoms with Crippen molar-refractivity contribution in [1.82, 2.24) is 10.2 Å². The van der Waals surface area contributed by atoms with Crippen molar-refractivity contribution in [1.29, 1.82) is 0 Å². The van der Waals surface area contributed by atoms with Gasteiger partial charge in [-0.25, -0.2) is 13.2 Å². The zero-order valence-corrected chi connectivity index (χ0v) is 24.3. The summed E-state index contributed by atoms with van der Waals surface area (Å²) in [6, 6.07) is 9.14. The molecule has 2 aromatic rings. The monoisotopic (exact) mass is 598 g/mol. The summed E-state index contributed by atoms with van der Waals surface area (Å²) >= 11 is 0. The summed E-state index contributed by atoms with van der Waals surface area (Å²) in [5.74, 6) is -2.77. The van der Waals surface area contributed by atoms with Gasteiger partial charge >= 0.3 is 12.1 Å². The summed E-state index contributed by atoms with van der Waals surface area (Å²) in [4.78, 5) is 27.0. The number of rotatable bonds is 5. The molecule has 1 amide bonds. The molecule has 2 saturated heterocycles. The molecule has 0 spiro atoms. The van der Waals surface area contributed by atoms with Crippen LogP contribution in [0, 0.1) is 20.8 Å². The van der Waals surface area contributed by atoms with Crippen LogP contribution < -0.4 is 14.9 Å². The number of hydrogen-bond acceptors (Lipinski definition) is 6. The maximum Gasteiger partial charge on any atom is 0.490 e. The molecule has 13 heteroatoms. The van der Waals surface area contributed by atoms with Crippen LogP contribution in [0.2, 0.25) is 0 Å². The largest absolute Gasteiger partial charge is 0.490 e. The SMILES string of the molecule is Cc1cc(C)c(S(=O)(=O)Nc2ccc(N3CCNCC3)c(C(=O)N3CCCCCC3)c2)c(C)c1.O=C(O)C(F)(F)F. The molecule has 4 rings (SSSR count). The van der Waals surface area contributed by atoms with Crippen LogP contribution in [0.3, 0.4) is 0 Å². The minimum absolute atomic E-state index is 0.0147. The number of halogens is 3. The first-order valence-electron chi connectivity index (χ1n) is 13.5. The van der Waals surface area contributed by atoms with Crippen molar-refractivity contribution in [2.75, 3.05) is 48.9 Å². The highest BCUT2D eigenvalue weighted by Crippen LogP contribution is 2.30. The van der Waals surface area contributed by atoms with Gasteiger partial charge in [-0.15, -0.1) is 0 Å². The minimum atomic E-state index is -5.08. The van der Waals surface area contributed by atoms with Gasteiger partial charge in [-0.05, 0) is 62.9 Å². The molecule has 0 bridgehead atoms. The molecule has 2 fully saturated rings. The second kappa shape index (κ2) is 13.6. The number of carboxylic acid groups (broad SMARTS) is 1. The Balaban J connectivity index is 0.000000587. The van der Waals surface area contributed by atoms with Crippen LogP contribution in [-0.2, 0) is 14.8 Å². The van der Waals surface area contributed by atoms with E-state index < -0.39 is 22.2 Å². The lowest BCUT2D eigenvalue weighted by molar-refractivity contribution is -0.192. The Kier molecular flexibility index (Phi) is 10.6. The third-order valence-electron chi connectivity index (χ3n) is 6.95. The fraction of sp³-hybridized carbons (Fsp3) is 0.500. The number of carbonyl (C=O) groups is 2. The molecule has 0 atom stereocenters. The molecule has 3 N–H and O–H groups in total. The van der Waals surface area contributed by atoms with Gasteiger partial charge in [0.05, 0.1) is 10.5 Å². The summed E-state index contributed by atoms with van der Waals surface area (Å²) in [6.45, 7) is 10.4. The van der Waals surface area contributed by atoms with Gasteiger partial charge in [-0.1, -0.05) is 30.5 Å².